The fourth-order valence-electron chi connectivity index (χ4n) is 10.2. The lowest BCUT2D eigenvalue weighted by Crippen LogP contribution is -2.58. The maximum Gasteiger partial charge on any atom is 0.305 e. The Labute approximate surface area is 265 Å². The molecular weight excluding hydrogens is 601 g/mol. The van der Waals surface area contributed by atoms with Crippen LogP contribution in [-0.2, 0) is 19.6 Å². The molecule has 4 saturated carbocycles. The summed E-state index contributed by atoms with van der Waals surface area (Å²) in [5.74, 6) is 3.08. The molecule has 4 N–H and O–H groups in total. The Balaban J connectivity index is 0.981. The third kappa shape index (κ3) is 5.92. The van der Waals surface area contributed by atoms with Crippen molar-refractivity contribution in [1.29, 1.82) is 0 Å². The Hall–Kier alpha value is -1.79. The van der Waals surface area contributed by atoms with Gasteiger partial charge in [0.2, 0.25) is 4.34 Å². The molecule has 10 unspecified atom stereocenters. The van der Waals surface area contributed by atoms with Crippen LogP contribution in [0.1, 0.15) is 85.0 Å². The molecule has 11 heteroatoms. The molecular formula is C33H48N2O7S2. The number of nitrogens with two attached hydrogens (primary N) is 1. The molecule has 4 aliphatic rings. The van der Waals surface area contributed by atoms with Crippen molar-refractivity contribution in [2.24, 2.45) is 51.5 Å². The van der Waals surface area contributed by atoms with E-state index in [4.69, 9.17) is 14.6 Å². The van der Waals surface area contributed by atoms with Crippen LogP contribution in [0, 0.1) is 46.3 Å². The van der Waals surface area contributed by atoms with Gasteiger partial charge in [-0.15, -0.1) is 11.3 Å². The van der Waals surface area contributed by atoms with Crippen molar-refractivity contribution in [1.82, 2.24) is 4.98 Å². The summed E-state index contributed by atoms with van der Waals surface area (Å²) in [5.41, 5.74) is 0.947. The number of sulfonamides is 1. The van der Waals surface area contributed by atoms with Crippen LogP contribution in [0.2, 0.25) is 0 Å². The van der Waals surface area contributed by atoms with Crippen molar-refractivity contribution in [2.75, 3.05) is 13.2 Å². The van der Waals surface area contributed by atoms with E-state index in [0.717, 1.165) is 62.7 Å². The van der Waals surface area contributed by atoms with E-state index in [9.17, 15) is 23.4 Å². The smallest absolute Gasteiger partial charge is 0.305 e. The third-order valence-corrected chi connectivity index (χ3v) is 14.8. The molecule has 44 heavy (non-hydrogen) atoms. The number of thiazole rings is 1. The number of fused-ring (bicyclic) bond motifs is 6. The number of ether oxygens (including phenoxy) is 2. The number of esters is 1. The lowest BCUT2D eigenvalue weighted by atomic mass is 9.43. The number of carbonyl (C=O) groups excluding carboxylic acids is 1. The maximum absolute atomic E-state index is 12.6. The van der Waals surface area contributed by atoms with Gasteiger partial charge in [-0.05, 0) is 122 Å². The van der Waals surface area contributed by atoms with E-state index in [2.05, 4.69) is 25.8 Å². The molecule has 4 fully saturated rings. The van der Waals surface area contributed by atoms with Crippen molar-refractivity contribution < 1.29 is 32.9 Å². The number of hydrogen-bond acceptors (Lipinski definition) is 9. The average molecular weight is 649 g/mol. The highest BCUT2D eigenvalue weighted by Gasteiger charge is 2.62. The molecule has 6 rings (SSSR count). The normalized spacial score (nSPS) is 37.5. The SMILES string of the molecule is CC(CCC(=O)OCCOc1ccc2nc(S(N)(=O)=O)sc2c1)C1CCC2C3C(O)CC4CC(O)CCC4(C)C3CCC12C. The van der Waals surface area contributed by atoms with Crippen molar-refractivity contribution in [2.45, 2.75) is 102 Å². The zero-order valence-corrected chi connectivity index (χ0v) is 27.7. The summed E-state index contributed by atoms with van der Waals surface area (Å²) < 4.78 is 34.8. The number of aliphatic hydroxyl groups excluding tert-OH is 2. The highest BCUT2D eigenvalue weighted by atomic mass is 32.2. The highest BCUT2D eigenvalue weighted by molar-refractivity contribution is 7.91. The second kappa shape index (κ2) is 12.1. The Kier molecular flexibility index (Phi) is 8.84. The summed E-state index contributed by atoms with van der Waals surface area (Å²) in [6.07, 6.45) is 8.97. The van der Waals surface area contributed by atoms with Crippen LogP contribution >= 0.6 is 11.3 Å². The van der Waals surface area contributed by atoms with E-state index in [1.165, 1.54) is 6.42 Å². The predicted molar refractivity (Wildman–Crippen MR) is 168 cm³/mol. The van der Waals surface area contributed by atoms with Crippen LogP contribution in [0.4, 0.5) is 0 Å². The number of aromatic nitrogens is 1. The number of primary sulfonamides is 1. The monoisotopic (exact) mass is 648 g/mol. The summed E-state index contributed by atoms with van der Waals surface area (Å²) in [7, 11) is -3.86. The van der Waals surface area contributed by atoms with Gasteiger partial charge in [-0.2, -0.15) is 0 Å². The van der Waals surface area contributed by atoms with Crippen LogP contribution in [0.25, 0.3) is 10.2 Å². The minimum atomic E-state index is -3.86. The minimum absolute atomic E-state index is 0.136. The van der Waals surface area contributed by atoms with E-state index in [1.807, 2.05) is 0 Å². The van der Waals surface area contributed by atoms with Gasteiger partial charge in [0.05, 0.1) is 22.4 Å². The van der Waals surface area contributed by atoms with Crippen LogP contribution < -0.4 is 9.88 Å². The summed E-state index contributed by atoms with van der Waals surface area (Å²) >= 11 is 0.988. The number of carbonyl (C=O) groups is 1. The molecule has 9 nitrogen and oxygen atoms in total. The molecule has 10 atom stereocenters. The largest absolute Gasteiger partial charge is 0.490 e. The zero-order valence-electron chi connectivity index (χ0n) is 26.1. The van der Waals surface area contributed by atoms with Crippen LogP contribution in [0.15, 0.2) is 22.5 Å². The van der Waals surface area contributed by atoms with Crippen molar-refractivity contribution in [3.63, 3.8) is 0 Å². The van der Waals surface area contributed by atoms with Gasteiger partial charge < -0.3 is 19.7 Å². The molecule has 0 radical (unpaired) electrons. The van der Waals surface area contributed by atoms with Crippen molar-refractivity contribution in [3.8, 4) is 5.75 Å². The van der Waals surface area contributed by atoms with E-state index >= 15 is 0 Å². The second-order valence-corrected chi connectivity index (χ2v) is 17.5. The Bertz CT molecular complexity index is 1480. The molecule has 1 heterocycles. The van der Waals surface area contributed by atoms with Crippen molar-refractivity contribution in [3.05, 3.63) is 18.2 Å². The molecule has 0 spiro atoms. The van der Waals surface area contributed by atoms with Gasteiger partial charge in [-0.25, -0.2) is 18.5 Å². The van der Waals surface area contributed by atoms with Gasteiger partial charge in [0, 0.05) is 6.42 Å². The van der Waals surface area contributed by atoms with Crippen LogP contribution in [0.3, 0.4) is 0 Å². The number of aliphatic hydroxyl groups is 2. The molecule has 0 amide bonds. The Morgan fingerprint density at radius 3 is 2.61 bits per heavy atom. The quantitative estimate of drug-likeness (QED) is 0.246. The maximum atomic E-state index is 12.6. The first-order valence-corrected chi connectivity index (χ1v) is 18.7. The van der Waals surface area contributed by atoms with Crippen LogP contribution in [-0.4, -0.2) is 55.0 Å². The van der Waals surface area contributed by atoms with E-state index in [0.29, 0.717) is 57.9 Å². The topological polar surface area (TPSA) is 149 Å². The van der Waals surface area contributed by atoms with E-state index in [-0.39, 0.29) is 46.6 Å². The third-order valence-electron chi connectivity index (χ3n) is 12.4. The second-order valence-electron chi connectivity index (χ2n) is 14.7. The van der Waals surface area contributed by atoms with E-state index < -0.39 is 10.0 Å². The molecule has 0 aliphatic heterocycles. The molecule has 1 aromatic heterocycles. The lowest BCUT2D eigenvalue weighted by molar-refractivity contribution is -0.174. The average Bonchev–Trinajstić information content (AvgIpc) is 3.56. The summed E-state index contributed by atoms with van der Waals surface area (Å²) in [4.78, 5) is 16.7. The standard InChI is InChI=1S/C33H48N2O7S2/c1-19(4-9-29(38)42-15-14-41-22-5-8-26-28(18-22)43-31(35-26)44(34,39)40)23-6-7-24-30-25(11-13-33(23,24)3)32(2)12-10-21(36)16-20(32)17-27(30)37/h5,8,18-21,23-25,27,30,36-37H,4,6-7,9-17H2,1-3H3,(H2,34,39,40). The first kappa shape index (κ1) is 32.2. The van der Waals surface area contributed by atoms with Gasteiger partial charge in [-0.3, -0.25) is 4.79 Å². The number of hydrogen-bond donors (Lipinski definition) is 3. The summed E-state index contributed by atoms with van der Waals surface area (Å²) in [5, 5.41) is 27.0. The van der Waals surface area contributed by atoms with E-state index in [1.54, 1.807) is 18.2 Å². The first-order valence-electron chi connectivity index (χ1n) is 16.4. The van der Waals surface area contributed by atoms with Gasteiger partial charge >= 0.3 is 5.97 Å². The van der Waals surface area contributed by atoms with Gasteiger partial charge in [0.25, 0.3) is 10.0 Å². The number of rotatable bonds is 9. The minimum Gasteiger partial charge on any atom is -0.490 e. The molecule has 4 aliphatic carbocycles. The first-order chi connectivity index (χ1) is 20.8. The Morgan fingerprint density at radius 1 is 1.09 bits per heavy atom. The molecule has 0 saturated heterocycles. The van der Waals surface area contributed by atoms with Crippen molar-refractivity contribution >= 4 is 37.5 Å². The lowest BCUT2D eigenvalue weighted by Gasteiger charge is -2.62. The fourth-order valence-corrected chi connectivity index (χ4v) is 11.9. The zero-order chi connectivity index (χ0) is 31.4. The summed E-state index contributed by atoms with van der Waals surface area (Å²) in [6, 6.07) is 5.08. The number of nitrogens with zero attached hydrogens (tertiary/aromatic N) is 1. The molecule has 0 bridgehead atoms. The number of benzene rings is 1. The summed E-state index contributed by atoms with van der Waals surface area (Å²) in [6.45, 7) is 7.53. The highest BCUT2D eigenvalue weighted by Crippen LogP contribution is 2.68. The molecule has 2 aromatic rings. The van der Waals surface area contributed by atoms with Gasteiger partial charge in [-0.1, -0.05) is 20.8 Å². The van der Waals surface area contributed by atoms with Gasteiger partial charge in [0.15, 0.2) is 0 Å². The van der Waals surface area contributed by atoms with Crippen LogP contribution in [0.5, 0.6) is 5.75 Å². The predicted octanol–water partition coefficient (Wildman–Crippen LogP) is 5.27. The Morgan fingerprint density at radius 2 is 1.84 bits per heavy atom. The molecule has 244 valence electrons. The fraction of sp³-hybridized carbons (Fsp3) is 0.758. The van der Waals surface area contributed by atoms with Gasteiger partial charge in [0.1, 0.15) is 19.0 Å². The molecule has 1 aromatic carbocycles.